The van der Waals surface area contributed by atoms with Gasteiger partial charge in [-0.1, -0.05) is 46.3 Å². The monoisotopic (exact) mass is 539 g/mol. The number of aromatic nitrogens is 2. The Hall–Kier alpha value is -2.64. The molecule has 0 bridgehead atoms. The molecule has 0 amide bonds. The summed E-state index contributed by atoms with van der Waals surface area (Å²) in [6.45, 7) is 6.88. The molecule has 2 heterocycles. The molecule has 0 N–H and O–H groups in total. The molecule has 7 heteroatoms. The molecule has 1 fully saturated rings. The largest absolute Gasteiger partial charge is 0.491 e. The van der Waals surface area contributed by atoms with Gasteiger partial charge < -0.3 is 4.74 Å². The fourth-order valence-corrected chi connectivity index (χ4v) is 5.13. The van der Waals surface area contributed by atoms with Crippen LogP contribution in [0.4, 0.5) is 0 Å². The third kappa shape index (κ3) is 6.53. The van der Waals surface area contributed by atoms with Gasteiger partial charge in [0.25, 0.3) is 5.56 Å². The Morgan fingerprint density at radius 3 is 2.40 bits per heavy atom. The normalized spacial score (nSPS) is 15.0. The predicted octanol–water partition coefficient (Wildman–Crippen LogP) is 4.60. The van der Waals surface area contributed by atoms with E-state index in [4.69, 9.17) is 4.74 Å². The minimum absolute atomic E-state index is 0.156. The van der Waals surface area contributed by atoms with Gasteiger partial charge in [0, 0.05) is 29.8 Å². The standard InChI is InChI=1S/C28H34BrN3O3/c1-20(2)35-25-9-10-26(29)23(16-25)15-21-11-13-31(14-12-21)19-24-17-27(33)32(28(34)30(24)3)18-22-7-5-4-6-8-22/h4-10,16-17,20-21H,11-15,18-19H2,1-3H3. The molecule has 0 spiro atoms. The van der Waals surface area contributed by atoms with E-state index in [2.05, 4.69) is 33.0 Å². The van der Waals surface area contributed by atoms with Gasteiger partial charge in [0.2, 0.25) is 0 Å². The van der Waals surface area contributed by atoms with Crippen LogP contribution in [0, 0.1) is 5.92 Å². The van der Waals surface area contributed by atoms with Crippen molar-refractivity contribution in [3.05, 3.63) is 96.7 Å². The third-order valence-corrected chi connectivity index (χ3v) is 7.45. The van der Waals surface area contributed by atoms with Crippen molar-refractivity contribution in [1.29, 1.82) is 0 Å². The van der Waals surface area contributed by atoms with E-state index in [0.29, 0.717) is 12.5 Å². The molecule has 1 aromatic heterocycles. The van der Waals surface area contributed by atoms with Crippen LogP contribution in [0.15, 0.2) is 68.7 Å². The fraction of sp³-hybridized carbons (Fsp3) is 0.429. The second-order valence-electron chi connectivity index (χ2n) is 9.73. The van der Waals surface area contributed by atoms with Gasteiger partial charge in [-0.25, -0.2) is 4.79 Å². The highest BCUT2D eigenvalue weighted by Crippen LogP contribution is 2.29. The van der Waals surface area contributed by atoms with Crippen molar-refractivity contribution in [2.24, 2.45) is 13.0 Å². The van der Waals surface area contributed by atoms with Crippen LogP contribution in [0.5, 0.6) is 5.75 Å². The molecule has 2 aromatic carbocycles. The van der Waals surface area contributed by atoms with Crippen LogP contribution in [-0.2, 0) is 26.6 Å². The van der Waals surface area contributed by atoms with Gasteiger partial charge in [0.1, 0.15) is 5.75 Å². The van der Waals surface area contributed by atoms with E-state index in [1.165, 1.54) is 10.1 Å². The van der Waals surface area contributed by atoms with E-state index in [-0.39, 0.29) is 23.9 Å². The molecule has 0 radical (unpaired) electrons. The maximum atomic E-state index is 12.9. The molecular weight excluding hydrogens is 506 g/mol. The van der Waals surface area contributed by atoms with E-state index in [1.54, 1.807) is 17.7 Å². The lowest BCUT2D eigenvalue weighted by atomic mass is 9.90. The van der Waals surface area contributed by atoms with Crippen molar-refractivity contribution in [1.82, 2.24) is 14.0 Å². The predicted molar refractivity (Wildman–Crippen MR) is 143 cm³/mol. The molecule has 4 rings (SSSR count). The Bertz CT molecular complexity index is 1260. The lowest BCUT2D eigenvalue weighted by Gasteiger charge is -2.32. The maximum Gasteiger partial charge on any atom is 0.331 e. The Morgan fingerprint density at radius 1 is 1.00 bits per heavy atom. The SMILES string of the molecule is CC(C)Oc1ccc(Br)c(CC2CCN(Cc3cc(=O)n(Cc4ccccc4)c(=O)n3C)CC2)c1. The fourth-order valence-electron chi connectivity index (χ4n) is 4.72. The van der Waals surface area contributed by atoms with Crippen molar-refractivity contribution in [3.8, 4) is 5.75 Å². The van der Waals surface area contributed by atoms with Gasteiger partial charge >= 0.3 is 5.69 Å². The summed E-state index contributed by atoms with van der Waals surface area (Å²) < 4.78 is 9.92. The number of rotatable bonds is 8. The molecule has 3 aromatic rings. The van der Waals surface area contributed by atoms with Crippen LogP contribution in [0.3, 0.4) is 0 Å². The van der Waals surface area contributed by atoms with Crippen LogP contribution in [0.1, 0.15) is 43.5 Å². The van der Waals surface area contributed by atoms with Crippen molar-refractivity contribution < 1.29 is 4.74 Å². The maximum absolute atomic E-state index is 12.9. The second-order valence-corrected chi connectivity index (χ2v) is 10.6. The summed E-state index contributed by atoms with van der Waals surface area (Å²) in [5.41, 5.74) is 2.49. The first kappa shape index (κ1) is 25.5. The number of piperidine rings is 1. The molecule has 0 aliphatic carbocycles. The Balaban J connectivity index is 1.38. The highest BCUT2D eigenvalue weighted by atomic mass is 79.9. The molecule has 0 saturated carbocycles. The number of hydrogen-bond acceptors (Lipinski definition) is 4. The Labute approximate surface area is 215 Å². The van der Waals surface area contributed by atoms with Gasteiger partial charge in [-0.15, -0.1) is 0 Å². The molecule has 35 heavy (non-hydrogen) atoms. The molecule has 1 aliphatic rings. The average Bonchev–Trinajstić information content (AvgIpc) is 2.84. The molecule has 1 aliphatic heterocycles. The average molecular weight is 541 g/mol. The van der Waals surface area contributed by atoms with Crippen LogP contribution in [0.25, 0.3) is 0 Å². The molecule has 186 valence electrons. The molecular formula is C28H34BrN3O3. The minimum atomic E-state index is -0.264. The van der Waals surface area contributed by atoms with Crippen LogP contribution < -0.4 is 16.0 Å². The zero-order chi connectivity index (χ0) is 24.9. The first-order valence-electron chi connectivity index (χ1n) is 12.3. The molecule has 0 atom stereocenters. The van der Waals surface area contributed by atoms with E-state index < -0.39 is 0 Å². The molecule has 6 nitrogen and oxygen atoms in total. The van der Waals surface area contributed by atoms with Crippen molar-refractivity contribution in [2.75, 3.05) is 13.1 Å². The zero-order valence-electron chi connectivity index (χ0n) is 20.7. The number of halogens is 1. The van der Waals surface area contributed by atoms with Gasteiger partial charge in [0.05, 0.1) is 12.6 Å². The van der Waals surface area contributed by atoms with Crippen LogP contribution in [-0.4, -0.2) is 33.2 Å². The van der Waals surface area contributed by atoms with Crippen molar-refractivity contribution in [2.45, 2.75) is 52.3 Å². The summed E-state index contributed by atoms with van der Waals surface area (Å²) in [4.78, 5) is 28.0. The van der Waals surface area contributed by atoms with E-state index in [0.717, 1.165) is 53.8 Å². The van der Waals surface area contributed by atoms with Gasteiger partial charge in [-0.05, 0) is 81.4 Å². The van der Waals surface area contributed by atoms with Gasteiger partial charge in [-0.3, -0.25) is 18.8 Å². The Kier molecular flexibility index (Phi) is 8.29. The number of nitrogens with zero attached hydrogens (tertiary/aromatic N) is 3. The van der Waals surface area contributed by atoms with Gasteiger partial charge in [0.15, 0.2) is 0 Å². The second kappa shape index (κ2) is 11.4. The lowest BCUT2D eigenvalue weighted by Crippen LogP contribution is -2.42. The quantitative estimate of drug-likeness (QED) is 0.419. The topological polar surface area (TPSA) is 56.5 Å². The minimum Gasteiger partial charge on any atom is -0.491 e. The van der Waals surface area contributed by atoms with Gasteiger partial charge in [-0.2, -0.15) is 0 Å². The summed E-state index contributed by atoms with van der Waals surface area (Å²) in [5, 5.41) is 0. The van der Waals surface area contributed by atoms with Crippen LogP contribution in [0.2, 0.25) is 0 Å². The highest BCUT2D eigenvalue weighted by Gasteiger charge is 2.22. The summed E-state index contributed by atoms with van der Waals surface area (Å²) in [6.07, 6.45) is 3.34. The number of likely N-dealkylation sites (tertiary alicyclic amines) is 1. The summed E-state index contributed by atoms with van der Waals surface area (Å²) in [5.74, 6) is 1.51. The zero-order valence-corrected chi connectivity index (χ0v) is 22.3. The van der Waals surface area contributed by atoms with Crippen LogP contribution >= 0.6 is 15.9 Å². The number of ether oxygens (including phenoxy) is 1. The summed E-state index contributed by atoms with van der Waals surface area (Å²) in [7, 11) is 1.76. The number of hydrogen-bond donors (Lipinski definition) is 0. The third-order valence-electron chi connectivity index (χ3n) is 6.68. The Morgan fingerprint density at radius 2 is 1.71 bits per heavy atom. The lowest BCUT2D eigenvalue weighted by molar-refractivity contribution is 0.173. The first-order valence-corrected chi connectivity index (χ1v) is 13.1. The molecule has 0 unspecified atom stereocenters. The highest BCUT2D eigenvalue weighted by molar-refractivity contribution is 9.10. The van der Waals surface area contributed by atoms with Crippen molar-refractivity contribution in [3.63, 3.8) is 0 Å². The smallest absolute Gasteiger partial charge is 0.331 e. The summed E-state index contributed by atoms with van der Waals surface area (Å²) in [6, 6.07) is 17.5. The number of benzene rings is 2. The van der Waals surface area contributed by atoms with E-state index in [1.807, 2.05) is 50.2 Å². The van der Waals surface area contributed by atoms with Crippen molar-refractivity contribution >= 4 is 15.9 Å². The first-order chi connectivity index (χ1) is 16.8. The summed E-state index contributed by atoms with van der Waals surface area (Å²) >= 11 is 3.70. The van der Waals surface area contributed by atoms with E-state index in [9.17, 15) is 9.59 Å². The van der Waals surface area contributed by atoms with E-state index >= 15 is 0 Å². The molecule has 1 saturated heterocycles.